The number of hydrazone groups is 1. The number of nitrogens with one attached hydrogen (secondary N) is 1. The Hall–Kier alpha value is -2.44. The zero-order valence-corrected chi connectivity index (χ0v) is 14.5. The number of rotatable bonds is 6. The highest BCUT2D eigenvalue weighted by molar-refractivity contribution is 6.30. The molecule has 1 amide bonds. The van der Waals surface area contributed by atoms with E-state index in [2.05, 4.69) is 10.5 Å². The third kappa shape index (κ3) is 5.55. The summed E-state index contributed by atoms with van der Waals surface area (Å²) in [5.41, 5.74) is 1.59. The summed E-state index contributed by atoms with van der Waals surface area (Å²) in [6.07, 6.45) is 1.34. The first kappa shape index (κ1) is 18.9. The first-order valence-electron chi connectivity index (χ1n) is 7.49. The highest BCUT2D eigenvalue weighted by Crippen LogP contribution is 2.23. The molecule has 25 heavy (non-hydrogen) atoms. The summed E-state index contributed by atoms with van der Waals surface area (Å²) in [5, 5.41) is 13.8. The number of hydrogen-bond donors (Lipinski definition) is 2. The van der Waals surface area contributed by atoms with Crippen molar-refractivity contribution >= 4 is 23.7 Å². The Morgan fingerprint density at radius 1 is 1.36 bits per heavy atom. The Labute approximate surface area is 150 Å². The van der Waals surface area contributed by atoms with Gasteiger partial charge in [0.2, 0.25) is 0 Å². The van der Waals surface area contributed by atoms with Crippen molar-refractivity contribution in [1.82, 2.24) is 5.43 Å². The summed E-state index contributed by atoms with van der Waals surface area (Å²) in [7, 11) is 0. The molecule has 5 nitrogen and oxygen atoms in total. The monoisotopic (exact) mass is 364 g/mol. The fourth-order valence-electron chi connectivity index (χ4n) is 1.82. The van der Waals surface area contributed by atoms with Gasteiger partial charge in [0.15, 0.2) is 0 Å². The molecule has 2 aromatic carbocycles. The molecule has 0 atom stereocenters. The van der Waals surface area contributed by atoms with Crippen LogP contribution in [0.4, 0.5) is 4.39 Å². The predicted octanol–water partition coefficient (Wildman–Crippen LogP) is 3.28. The lowest BCUT2D eigenvalue weighted by Gasteiger charge is -2.14. The van der Waals surface area contributed by atoms with Gasteiger partial charge < -0.3 is 9.84 Å². The molecule has 2 aromatic rings. The van der Waals surface area contributed by atoms with E-state index in [1.165, 1.54) is 26.1 Å². The van der Waals surface area contributed by atoms with Crippen LogP contribution in [0.15, 0.2) is 47.6 Å². The molecule has 0 saturated carbocycles. The molecular weight excluding hydrogens is 347 g/mol. The molecule has 0 aliphatic rings. The van der Waals surface area contributed by atoms with E-state index in [1.54, 1.807) is 36.4 Å². The molecule has 0 aliphatic carbocycles. The summed E-state index contributed by atoms with van der Waals surface area (Å²) < 4.78 is 19.3. The third-order valence-electron chi connectivity index (χ3n) is 3.24. The van der Waals surface area contributed by atoms with Crippen molar-refractivity contribution in [3.8, 4) is 5.75 Å². The van der Waals surface area contributed by atoms with E-state index in [4.69, 9.17) is 16.3 Å². The second-order valence-electron chi connectivity index (χ2n) is 5.82. The van der Waals surface area contributed by atoms with E-state index in [9.17, 15) is 14.3 Å². The highest BCUT2D eigenvalue weighted by Gasteiger charge is 2.23. The summed E-state index contributed by atoms with van der Waals surface area (Å²) >= 11 is 5.97. The van der Waals surface area contributed by atoms with Crippen molar-refractivity contribution in [3.63, 3.8) is 0 Å². The fourth-order valence-corrected chi connectivity index (χ4v) is 2.00. The molecule has 2 rings (SSSR count). The summed E-state index contributed by atoms with van der Waals surface area (Å²) in [5.74, 6) is -0.586. The number of benzene rings is 2. The van der Waals surface area contributed by atoms with E-state index >= 15 is 0 Å². The van der Waals surface area contributed by atoms with Gasteiger partial charge in [-0.2, -0.15) is 5.10 Å². The Balaban J connectivity index is 2.12. The largest absolute Gasteiger partial charge is 0.488 e. The average Bonchev–Trinajstić information content (AvgIpc) is 2.54. The van der Waals surface area contributed by atoms with Crippen molar-refractivity contribution in [1.29, 1.82) is 0 Å². The lowest BCUT2D eigenvalue weighted by atomic mass is 10.1. The van der Waals surface area contributed by atoms with E-state index in [0.717, 1.165) is 0 Å². The normalized spacial score (nSPS) is 11.6. The van der Waals surface area contributed by atoms with E-state index < -0.39 is 11.5 Å². The second-order valence-corrected chi connectivity index (χ2v) is 6.26. The summed E-state index contributed by atoms with van der Waals surface area (Å²) in [4.78, 5) is 11.6. The van der Waals surface area contributed by atoms with Crippen molar-refractivity contribution in [2.45, 2.75) is 26.1 Å². The minimum Gasteiger partial charge on any atom is -0.488 e. The van der Waals surface area contributed by atoms with Crippen LogP contribution in [0.3, 0.4) is 0 Å². The van der Waals surface area contributed by atoms with Crippen LogP contribution in [0.1, 0.15) is 25.0 Å². The minimum absolute atomic E-state index is 0.0329. The van der Waals surface area contributed by atoms with Crippen LogP contribution in [0.2, 0.25) is 5.02 Å². The Morgan fingerprint density at radius 3 is 2.76 bits per heavy atom. The average molecular weight is 365 g/mol. The molecule has 0 unspecified atom stereocenters. The van der Waals surface area contributed by atoms with Gasteiger partial charge in [0.05, 0.1) is 6.21 Å². The van der Waals surface area contributed by atoms with Crippen LogP contribution < -0.4 is 10.2 Å². The van der Waals surface area contributed by atoms with Crippen molar-refractivity contribution < 1.29 is 19.0 Å². The van der Waals surface area contributed by atoms with Gasteiger partial charge >= 0.3 is 0 Å². The quantitative estimate of drug-likeness (QED) is 0.610. The van der Waals surface area contributed by atoms with E-state index in [1.807, 2.05) is 0 Å². The number of carbonyl (C=O) groups excluding carboxylic acids is 1. The van der Waals surface area contributed by atoms with Crippen molar-refractivity contribution in [3.05, 3.63) is 64.4 Å². The van der Waals surface area contributed by atoms with E-state index in [0.29, 0.717) is 21.9 Å². The first-order chi connectivity index (χ1) is 11.8. The van der Waals surface area contributed by atoms with Crippen LogP contribution in [-0.2, 0) is 11.4 Å². The number of carbonyl (C=O) groups is 1. The molecular formula is C18H18ClFN2O3. The van der Waals surface area contributed by atoms with Gasteiger partial charge in [-0.3, -0.25) is 4.79 Å². The molecule has 2 N–H and O–H groups in total. The Bertz CT molecular complexity index is 788. The zero-order valence-electron chi connectivity index (χ0n) is 13.8. The van der Waals surface area contributed by atoms with Crippen molar-refractivity contribution in [2.75, 3.05) is 0 Å². The summed E-state index contributed by atoms with van der Waals surface area (Å²) in [6, 6.07) is 11.2. The highest BCUT2D eigenvalue weighted by atomic mass is 35.5. The molecule has 0 bridgehead atoms. The minimum atomic E-state index is -1.55. The smallest absolute Gasteiger partial charge is 0.271 e. The maximum Gasteiger partial charge on any atom is 0.271 e. The van der Waals surface area contributed by atoms with Crippen molar-refractivity contribution in [2.24, 2.45) is 5.10 Å². The molecule has 0 radical (unpaired) electrons. The third-order valence-corrected chi connectivity index (χ3v) is 3.47. The topological polar surface area (TPSA) is 70.9 Å². The number of hydrogen-bond acceptors (Lipinski definition) is 4. The molecule has 0 aliphatic heterocycles. The number of aliphatic hydroxyl groups is 1. The number of halogens is 2. The maximum absolute atomic E-state index is 13.7. The molecule has 0 spiro atoms. The molecule has 7 heteroatoms. The van der Waals surface area contributed by atoms with Gasteiger partial charge in [0.1, 0.15) is 23.8 Å². The first-order valence-corrected chi connectivity index (χ1v) is 7.87. The molecule has 132 valence electrons. The van der Waals surface area contributed by atoms with Gasteiger partial charge in [-0.25, -0.2) is 9.82 Å². The Morgan fingerprint density at radius 2 is 2.08 bits per heavy atom. The van der Waals surface area contributed by atoms with Gasteiger partial charge in [-0.15, -0.1) is 0 Å². The maximum atomic E-state index is 13.7. The van der Waals surface area contributed by atoms with Gasteiger partial charge in [0, 0.05) is 16.1 Å². The standard InChI is InChI=1S/C18H18ClFN2O3/c1-18(2,24)17(23)22-21-10-13-9-14(19)7-8-16(13)25-11-12-5-3-4-6-15(12)20/h3-10,24H,11H2,1-2H3,(H,22,23)/b21-10-. The number of amides is 1. The van der Waals surface area contributed by atoms with Gasteiger partial charge in [0.25, 0.3) is 5.91 Å². The molecule has 0 fully saturated rings. The van der Waals surface area contributed by atoms with Crippen LogP contribution >= 0.6 is 11.6 Å². The number of nitrogens with zero attached hydrogens (tertiary/aromatic N) is 1. The second kappa shape index (κ2) is 8.09. The van der Waals surface area contributed by atoms with E-state index in [-0.39, 0.29) is 12.4 Å². The van der Waals surface area contributed by atoms with Crippen LogP contribution in [0, 0.1) is 5.82 Å². The summed E-state index contributed by atoms with van der Waals surface area (Å²) in [6.45, 7) is 2.73. The number of ether oxygens (including phenoxy) is 1. The fraction of sp³-hybridized carbons (Fsp3) is 0.222. The van der Waals surface area contributed by atoms with Gasteiger partial charge in [-0.1, -0.05) is 29.8 Å². The predicted molar refractivity (Wildman–Crippen MR) is 94.2 cm³/mol. The van der Waals surface area contributed by atoms with Crippen LogP contribution in [0.25, 0.3) is 0 Å². The zero-order chi connectivity index (χ0) is 18.4. The van der Waals surface area contributed by atoms with Crippen LogP contribution in [-0.4, -0.2) is 22.8 Å². The lowest BCUT2D eigenvalue weighted by Crippen LogP contribution is -2.39. The molecule has 0 heterocycles. The van der Waals surface area contributed by atoms with Crippen LogP contribution in [0.5, 0.6) is 5.75 Å². The molecule has 0 saturated heterocycles. The SMILES string of the molecule is CC(C)(O)C(=O)N/N=C\c1cc(Cl)ccc1OCc1ccccc1F. The Kier molecular flexibility index (Phi) is 6.12. The lowest BCUT2D eigenvalue weighted by molar-refractivity contribution is -0.136. The van der Waals surface area contributed by atoms with Gasteiger partial charge in [-0.05, 0) is 38.1 Å². The molecule has 0 aromatic heterocycles.